The number of hydrogen-bond acceptors (Lipinski definition) is 5. The first-order valence-electron chi connectivity index (χ1n) is 8.18. The Hall–Kier alpha value is -2.31. The number of nitrogens with one attached hydrogen (secondary N) is 1. The SMILES string of the molecule is CCOc1ccc(NS(=O)(=O)c2cccc(C(F)(F)F)c2)cc1S(=O)(=O)N(C)C. The van der Waals surface area contributed by atoms with Gasteiger partial charge in [0.25, 0.3) is 10.0 Å². The van der Waals surface area contributed by atoms with Gasteiger partial charge in [0.1, 0.15) is 10.6 Å². The highest BCUT2D eigenvalue weighted by Crippen LogP contribution is 2.32. The van der Waals surface area contributed by atoms with E-state index in [1.165, 1.54) is 26.2 Å². The molecule has 0 unspecified atom stereocenters. The number of rotatable bonds is 7. The second-order valence-corrected chi connectivity index (χ2v) is 9.82. The molecule has 0 saturated carbocycles. The lowest BCUT2D eigenvalue weighted by Crippen LogP contribution is -2.23. The first-order chi connectivity index (χ1) is 13.3. The second kappa shape index (κ2) is 8.20. The van der Waals surface area contributed by atoms with Crippen molar-refractivity contribution in [3.05, 3.63) is 48.0 Å². The third-order valence-corrected chi connectivity index (χ3v) is 6.94. The number of benzene rings is 2. The third-order valence-electron chi connectivity index (χ3n) is 3.73. The number of nitrogens with zero attached hydrogens (tertiary/aromatic N) is 1. The zero-order valence-electron chi connectivity index (χ0n) is 15.7. The average Bonchev–Trinajstić information content (AvgIpc) is 2.62. The molecule has 0 aliphatic carbocycles. The van der Waals surface area contributed by atoms with Gasteiger partial charge in [-0.1, -0.05) is 6.07 Å². The molecule has 7 nitrogen and oxygen atoms in total. The van der Waals surface area contributed by atoms with Crippen LogP contribution in [-0.4, -0.2) is 41.8 Å². The summed E-state index contributed by atoms with van der Waals surface area (Å²) in [6.45, 7) is 1.82. The summed E-state index contributed by atoms with van der Waals surface area (Å²) in [6, 6.07) is 6.79. The molecule has 0 saturated heterocycles. The minimum absolute atomic E-state index is 0.0169. The third kappa shape index (κ3) is 5.19. The van der Waals surface area contributed by atoms with Crippen LogP contribution in [0.4, 0.5) is 18.9 Å². The smallest absolute Gasteiger partial charge is 0.416 e. The van der Waals surface area contributed by atoms with E-state index in [4.69, 9.17) is 4.74 Å². The zero-order valence-corrected chi connectivity index (χ0v) is 17.3. The van der Waals surface area contributed by atoms with Crippen LogP contribution < -0.4 is 9.46 Å². The molecule has 2 aromatic carbocycles. The van der Waals surface area contributed by atoms with E-state index in [9.17, 15) is 30.0 Å². The van der Waals surface area contributed by atoms with Gasteiger partial charge in [-0.3, -0.25) is 4.72 Å². The van der Waals surface area contributed by atoms with Gasteiger partial charge in [0.15, 0.2) is 0 Å². The molecule has 0 bridgehead atoms. The molecule has 12 heteroatoms. The Bertz CT molecular complexity index is 1100. The summed E-state index contributed by atoms with van der Waals surface area (Å²) in [5, 5.41) is 0. The highest BCUT2D eigenvalue weighted by molar-refractivity contribution is 7.92. The number of anilines is 1. The van der Waals surface area contributed by atoms with Gasteiger partial charge >= 0.3 is 6.18 Å². The lowest BCUT2D eigenvalue weighted by Gasteiger charge is -2.17. The predicted octanol–water partition coefficient (Wildman–Crippen LogP) is 3.16. The molecule has 0 aliphatic rings. The zero-order chi connectivity index (χ0) is 22.0. The first kappa shape index (κ1) is 23.0. The van der Waals surface area contributed by atoms with Crippen LogP contribution in [0.15, 0.2) is 52.3 Å². The molecule has 0 heterocycles. The Balaban J connectivity index is 2.49. The van der Waals surface area contributed by atoms with E-state index in [2.05, 4.69) is 4.72 Å². The molecule has 1 N–H and O–H groups in total. The van der Waals surface area contributed by atoms with Gasteiger partial charge in [0.05, 0.1) is 22.8 Å². The van der Waals surface area contributed by atoms with Crippen LogP contribution in [0.25, 0.3) is 0 Å². The molecule has 0 spiro atoms. The van der Waals surface area contributed by atoms with Crippen LogP contribution in [0, 0.1) is 0 Å². The number of sulfonamides is 2. The maximum absolute atomic E-state index is 12.9. The topological polar surface area (TPSA) is 92.8 Å². The van der Waals surface area contributed by atoms with E-state index >= 15 is 0 Å². The van der Waals surface area contributed by atoms with Crippen molar-refractivity contribution >= 4 is 25.7 Å². The Morgan fingerprint density at radius 3 is 2.24 bits per heavy atom. The Morgan fingerprint density at radius 1 is 1.03 bits per heavy atom. The number of alkyl halides is 3. The second-order valence-electron chi connectivity index (χ2n) is 6.01. The molecule has 0 aromatic heterocycles. The van der Waals surface area contributed by atoms with Gasteiger partial charge in [-0.05, 0) is 43.3 Å². The van der Waals surface area contributed by atoms with Crippen LogP contribution >= 0.6 is 0 Å². The molecule has 2 rings (SSSR count). The van der Waals surface area contributed by atoms with Crippen molar-refractivity contribution in [3.63, 3.8) is 0 Å². The van der Waals surface area contributed by atoms with Crippen LogP contribution in [0.3, 0.4) is 0 Å². The summed E-state index contributed by atoms with van der Waals surface area (Å²) >= 11 is 0. The molecule has 2 aromatic rings. The highest BCUT2D eigenvalue weighted by Gasteiger charge is 2.32. The van der Waals surface area contributed by atoms with Crippen molar-refractivity contribution in [2.45, 2.75) is 22.9 Å². The Kier molecular flexibility index (Phi) is 6.50. The molecular formula is C17H19F3N2O5S2. The van der Waals surface area contributed by atoms with E-state index in [-0.39, 0.29) is 22.9 Å². The molecule has 0 amide bonds. The van der Waals surface area contributed by atoms with Gasteiger partial charge in [-0.25, -0.2) is 21.1 Å². The molecule has 0 radical (unpaired) electrons. The average molecular weight is 452 g/mol. The van der Waals surface area contributed by atoms with Crippen LogP contribution in [-0.2, 0) is 26.2 Å². The fraction of sp³-hybridized carbons (Fsp3) is 0.294. The Morgan fingerprint density at radius 2 is 1.69 bits per heavy atom. The lowest BCUT2D eigenvalue weighted by atomic mass is 10.2. The van der Waals surface area contributed by atoms with Gasteiger partial charge in [-0.2, -0.15) is 13.2 Å². The van der Waals surface area contributed by atoms with Gasteiger partial charge in [-0.15, -0.1) is 0 Å². The summed E-state index contributed by atoms with van der Waals surface area (Å²) in [5.41, 5.74) is -1.27. The highest BCUT2D eigenvalue weighted by atomic mass is 32.2. The molecular weight excluding hydrogens is 433 g/mol. The standard InChI is InChI=1S/C17H19F3N2O5S2/c1-4-27-15-9-8-13(11-16(15)29(25,26)22(2)3)21-28(23,24)14-7-5-6-12(10-14)17(18,19)20/h5-11,21H,4H2,1-3H3. The van der Waals surface area contributed by atoms with Crippen LogP contribution in [0.1, 0.15) is 12.5 Å². The molecule has 160 valence electrons. The van der Waals surface area contributed by atoms with Gasteiger partial charge in [0, 0.05) is 14.1 Å². The lowest BCUT2D eigenvalue weighted by molar-refractivity contribution is -0.137. The van der Waals surface area contributed by atoms with E-state index in [1.54, 1.807) is 6.92 Å². The monoisotopic (exact) mass is 452 g/mol. The van der Waals surface area contributed by atoms with E-state index in [1.807, 2.05) is 0 Å². The van der Waals surface area contributed by atoms with Gasteiger partial charge in [0.2, 0.25) is 10.0 Å². The van der Waals surface area contributed by atoms with Crippen molar-refractivity contribution in [2.75, 3.05) is 25.4 Å². The van der Waals surface area contributed by atoms with E-state index < -0.39 is 36.7 Å². The maximum atomic E-state index is 12.9. The summed E-state index contributed by atoms with van der Waals surface area (Å²) in [7, 11) is -5.78. The fourth-order valence-electron chi connectivity index (χ4n) is 2.30. The molecule has 0 atom stereocenters. The summed E-state index contributed by atoms with van der Waals surface area (Å²) in [6.07, 6.45) is -4.71. The predicted molar refractivity (Wildman–Crippen MR) is 101 cm³/mol. The summed E-state index contributed by atoms with van der Waals surface area (Å²) in [5.74, 6) is 0.0169. The van der Waals surface area contributed by atoms with E-state index in [0.29, 0.717) is 6.07 Å². The van der Waals surface area contributed by atoms with Crippen molar-refractivity contribution < 1.29 is 34.7 Å². The minimum atomic E-state index is -4.71. The normalized spacial score (nSPS) is 12.8. The Labute approximate surface area is 167 Å². The largest absolute Gasteiger partial charge is 0.492 e. The summed E-state index contributed by atoms with van der Waals surface area (Å²) in [4.78, 5) is -0.896. The van der Waals surface area contributed by atoms with Crippen molar-refractivity contribution in [2.24, 2.45) is 0 Å². The fourth-order valence-corrected chi connectivity index (χ4v) is 4.44. The number of hydrogen-bond donors (Lipinski definition) is 1. The van der Waals surface area contributed by atoms with Crippen molar-refractivity contribution in [1.82, 2.24) is 4.31 Å². The first-order valence-corrected chi connectivity index (χ1v) is 11.1. The number of ether oxygens (including phenoxy) is 1. The summed E-state index contributed by atoms with van der Waals surface area (Å²) < 4.78 is 97.0. The minimum Gasteiger partial charge on any atom is -0.492 e. The number of halogens is 3. The van der Waals surface area contributed by atoms with Crippen LogP contribution in [0.5, 0.6) is 5.75 Å². The van der Waals surface area contributed by atoms with E-state index in [0.717, 1.165) is 28.6 Å². The van der Waals surface area contributed by atoms with Gasteiger partial charge < -0.3 is 4.74 Å². The maximum Gasteiger partial charge on any atom is 0.416 e. The van der Waals surface area contributed by atoms with Crippen molar-refractivity contribution in [3.8, 4) is 5.75 Å². The van der Waals surface area contributed by atoms with Crippen molar-refractivity contribution in [1.29, 1.82) is 0 Å². The quantitative estimate of drug-likeness (QED) is 0.697. The molecule has 0 fully saturated rings. The van der Waals surface area contributed by atoms with Crippen LogP contribution in [0.2, 0.25) is 0 Å². The molecule has 0 aliphatic heterocycles. The molecule has 29 heavy (non-hydrogen) atoms.